The van der Waals surface area contributed by atoms with E-state index in [1.165, 1.54) is 7.11 Å². The SMILES string of the molecule is COc1ccc(-c2sc(=O)[nH]c2O)cc1OC. The molecular formula is C11H11NO4S. The van der Waals surface area contributed by atoms with E-state index in [-0.39, 0.29) is 10.8 Å². The number of methoxy groups -OCH3 is 2. The van der Waals surface area contributed by atoms with Gasteiger partial charge in [0, 0.05) is 5.56 Å². The number of thiazole rings is 1. The predicted octanol–water partition coefficient (Wildman–Crippen LogP) is 1.83. The maximum atomic E-state index is 11.1. The Balaban J connectivity index is 2.53. The lowest BCUT2D eigenvalue weighted by atomic mass is 10.2. The predicted molar refractivity (Wildman–Crippen MR) is 65.1 cm³/mol. The van der Waals surface area contributed by atoms with Crippen LogP contribution in [0.2, 0.25) is 0 Å². The number of nitrogens with one attached hydrogen (secondary N) is 1. The van der Waals surface area contributed by atoms with Crippen LogP contribution in [0.1, 0.15) is 0 Å². The molecule has 2 N–H and O–H groups in total. The summed E-state index contributed by atoms with van der Waals surface area (Å²) in [4.78, 5) is 13.6. The zero-order valence-corrected chi connectivity index (χ0v) is 10.1. The van der Waals surface area contributed by atoms with Crippen molar-refractivity contribution in [2.75, 3.05) is 14.2 Å². The first kappa shape index (κ1) is 11.5. The number of hydrogen-bond acceptors (Lipinski definition) is 5. The average Bonchev–Trinajstić information content (AvgIpc) is 2.67. The van der Waals surface area contributed by atoms with Gasteiger partial charge in [0.15, 0.2) is 11.5 Å². The highest BCUT2D eigenvalue weighted by Crippen LogP contribution is 2.36. The van der Waals surface area contributed by atoms with Gasteiger partial charge in [-0.3, -0.25) is 9.78 Å². The van der Waals surface area contributed by atoms with Crippen LogP contribution < -0.4 is 14.3 Å². The van der Waals surface area contributed by atoms with E-state index in [9.17, 15) is 9.90 Å². The van der Waals surface area contributed by atoms with Gasteiger partial charge in [-0.25, -0.2) is 0 Å². The first-order chi connectivity index (χ1) is 8.15. The molecule has 0 aliphatic rings. The molecule has 1 heterocycles. The molecule has 17 heavy (non-hydrogen) atoms. The van der Waals surface area contributed by atoms with Crippen molar-refractivity contribution in [1.82, 2.24) is 4.98 Å². The largest absolute Gasteiger partial charge is 0.493 e. The number of benzene rings is 1. The summed E-state index contributed by atoms with van der Waals surface area (Å²) >= 11 is 0.943. The first-order valence-electron chi connectivity index (χ1n) is 4.80. The molecule has 0 unspecified atom stereocenters. The summed E-state index contributed by atoms with van der Waals surface area (Å²) in [6, 6.07) is 5.18. The van der Waals surface area contributed by atoms with Gasteiger partial charge in [0.2, 0.25) is 5.88 Å². The van der Waals surface area contributed by atoms with Crippen LogP contribution in [0.3, 0.4) is 0 Å². The van der Waals surface area contributed by atoms with Crippen molar-refractivity contribution in [2.45, 2.75) is 0 Å². The Morgan fingerprint density at radius 1 is 1.24 bits per heavy atom. The van der Waals surface area contributed by atoms with E-state index < -0.39 is 0 Å². The lowest BCUT2D eigenvalue weighted by molar-refractivity contribution is 0.355. The molecule has 0 amide bonds. The van der Waals surface area contributed by atoms with E-state index >= 15 is 0 Å². The highest BCUT2D eigenvalue weighted by atomic mass is 32.1. The topological polar surface area (TPSA) is 71.6 Å². The number of aromatic amines is 1. The molecular weight excluding hydrogens is 242 g/mol. The molecule has 0 radical (unpaired) electrons. The van der Waals surface area contributed by atoms with Crippen LogP contribution in [0.5, 0.6) is 17.4 Å². The van der Waals surface area contributed by atoms with Crippen LogP contribution in [-0.2, 0) is 0 Å². The fourth-order valence-electron chi connectivity index (χ4n) is 1.49. The fourth-order valence-corrected chi connectivity index (χ4v) is 2.22. The Bertz CT molecular complexity index is 587. The third-order valence-corrected chi connectivity index (χ3v) is 3.20. The second kappa shape index (κ2) is 4.50. The molecule has 0 aliphatic carbocycles. The number of hydrogen-bond donors (Lipinski definition) is 2. The quantitative estimate of drug-likeness (QED) is 0.875. The molecule has 5 nitrogen and oxygen atoms in total. The zero-order chi connectivity index (χ0) is 12.4. The van der Waals surface area contributed by atoms with Crippen LogP contribution in [0.25, 0.3) is 10.4 Å². The molecule has 0 saturated heterocycles. The highest BCUT2D eigenvalue weighted by molar-refractivity contribution is 7.13. The van der Waals surface area contributed by atoms with E-state index in [0.29, 0.717) is 21.9 Å². The van der Waals surface area contributed by atoms with Gasteiger partial charge < -0.3 is 14.6 Å². The monoisotopic (exact) mass is 253 g/mol. The molecule has 0 spiro atoms. The number of aromatic hydroxyl groups is 1. The van der Waals surface area contributed by atoms with Crippen LogP contribution in [-0.4, -0.2) is 24.3 Å². The fraction of sp³-hybridized carbons (Fsp3) is 0.182. The summed E-state index contributed by atoms with van der Waals surface area (Å²) in [6.07, 6.45) is 0. The summed E-state index contributed by atoms with van der Waals surface area (Å²) in [5.74, 6) is 1.01. The van der Waals surface area contributed by atoms with E-state index in [1.54, 1.807) is 25.3 Å². The van der Waals surface area contributed by atoms with E-state index in [4.69, 9.17) is 9.47 Å². The van der Waals surface area contributed by atoms with Crippen molar-refractivity contribution in [2.24, 2.45) is 0 Å². The van der Waals surface area contributed by atoms with E-state index in [1.807, 2.05) is 0 Å². The summed E-state index contributed by atoms with van der Waals surface area (Å²) in [6.45, 7) is 0. The molecule has 1 aromatic carbocycles. The number of ether oxygens (including phenoxy) is 2. The van der Waals surface area contributed by atoms with Gasteiger partial charge in [0.05, 0.1) is 19.1 Å². The van der Waals surface area contributed by atoms with Crippen molar-refractivity contribution in [3.63, 3.8) is 0 Å². The second-order valence-corrected chi connectivity index (χ2v) is 4.25. The summed E-state index contributed by atoms with van der Waals surface area (Å²) in [5.41, 5.74) is 0.698. The molecule has 0 saturated carbocycles. The second-order valence-electron chi connectivity index (χ2n) is 3.26. The highest BCUT2D eigenvalue weighted by Gasteiger charge is 2.12. The van der Waals surface area contributed by atoms with Crippen LogP contribution in [0.15, 0.2) is 23.0 Å². The average molecular weight is 253 g/mol. The number of aromatic nitrogens is 1. The molecule has 0 atom stereocenters. The van der Waals surface area contributed by atoms with Crippen molar-refractivity contribution < 1.29 is 14.6 Å². The molecule has 2 aromatic rings. The Morgan fingerprint density at radius 3 is 2.47 bits per heavy atom. The number of rotatable bonds is 3. The van der Waals surface area contributed by atoms with Crippen LogP contribution in [0.4, 0.5) is 0 Å². The van der Waals surface area contributed by atoms with Gasteiger partial charge in [-0.2, -0.15) is 0 Å². The maximum Gasteiger partial charge on any atom is 0.307 e. The molecule has 1 aromatic heterocycles. The summed E-state index contributed by atoms with van der Waals surface area (Å²) in [7, 11) is 3.07. The molecule has 2 rings (SSSR count). The van der Waals surface area contributed by atoms with Gasteiger partial charge in [-0.15, -0.1) is 0 Å². The van der Waals surface area contributed by atoms with E-state index in [0.717, 1.165) is 11.3 Å². The Morgan fingerprint density at radius 2 is 1.94 bits per heavy atom. The van der Waals surface area contributed by atoms with Gasteiger partial charge in [-0.05, 0) is 18.2 Å². The Hall–Kier alpha value is -1.95. The van der Waals surface area contributed by atoms with Crippen molar-refractivity contribution in [3.8, 4) is 27.8 Å². The minimum Gasteiger partial charge on any atom is -0.493 e. The smallest absolute Gasteiger partial charge is 0.307 e. The standard InChI is InChI=1S/C11H11NO4S/c1-15-7-4-3-6(5-8(7)16-2)9-10(13)12-11(14)17-9/h3-5,13H,1-2H3,(H,12,14). The number of H-pyrrole nitrogens is 1. The molecule has 6 heteroatoms. The normalized spacial score (nSPS) is 10.2. The van der Waals surface area contributed by atoms with Crippen LogP contribution >= 0.6 is 11.3 Å². The van der Waals surface area contributed by atoms with Crippen molar-refractivity contribution >= 4 is 11.3 Å². The third-order valence-electron chi connectivity index (χ3n) is 2.28. The molecule has 0 bridgehead atoms. The molecule has 90 valence electrons. The van der Waals surface area contributed by atoms with Crippen LogP contribution in [0, 0.1) is 0 Å². The minimum atomic E-state index is -0.299. The van der Waals surface area contributed by atoms with Crippen molar-refractivity contribution in [1.29, 1.82) is 0 Å². The maximum absolute atomic E-state index is 11.1. The van der Waals surface area contributed by atoms with E-state index in [2.05, 4.69) is 4.98 Å². The Labute approximate surface area is 101 Å². The summed E-state index contributed by atoms with van der Waals surface area (Å²) < 4.78 is 10.3. The van der Waals surface area contributed by atoms with Gasteiger partial charge in [-0.1, -0.05) is 11.3 Å². The van der Waals surface area contributed by atoms with Gasteiger partial charge in [0.25, 0.3) is 0 Å². The van der Waals surface area contributed by atoms with Gasteiger partial charge >= 0.3 is 4.87 Å². The minimum absolute atomic E-state index is 0.132. The lowest BCUT2D eigenvalue weighted by Gasteiger charge is -2.08. The Kier molecular flexibility index (Phi) is 3.06. The molecule has 0 fully saturated rings. The van der Waals surface area contributed by atoms with Gasteiger partial charge in [0.1, 0.15) is 0 Å². The van der Waals surface area contributed by atoms with Crippen molar-refractivity contribution in [3.05, 3.63) is 27.9 Å². The first-order valence-corrected chi connectivity index (χ1v) is 5.62. The third kappa shape index (κ3) is 2.12. The lowest BCUT2D eigenvalue weighted by Crippen LogP contribution is -1.90. The summed E-state index contributed by atoms with van der Waals surface area (Å²) in [5, 5.41) is 9.56. The molecule has 0 aliphatic heterocycles. The zero-order valence-electron chi connectivity index (χ0n) is 9.31.